The Bertz CT molecular complexity index is 817. The van der Waals surface area contributed by atoms with Crippen molar-refractivity contribution in [2.45, 2.75) is 0 Å². The number of rotatable bonds is 7. The summed E-state index contributed by atoms with van der Waals surface area (Å²) in [6.45, 7) is -0.410. The van der Waals surface area contributed by atoms with Gasteiger partial charge >= 0.3 is 11.9 Å². The molecule has 11 nitrogen and oxygen atoms in total. The molecule has 0 spiro atoms. The number of amides is 1. The number of methoxy groups -OCH3 is 1. The number of nitrogens with zero attached hydrogens (tertiary/aromatic N) is 2. The van der Waals surface area contributed by atoms with Crippen molar-refractivity contribution in [2.24, 2.45) is 0 Å². The van der Waals surface area contributed by atoms with Gasteiger partial charge in [-0.2, -0.15) is 0 Å². The molecule has 11 heteroatoms. The number of carboxylic acid groups (broad SMARTS) is 1. The second-order valence-corrected chi connectivity index (χ2v) is 5.21. The third-order valence-electron chi connectivity index (χ3n) is 3.65. The fourth-order valence-electron chi connectivity index (χ4n) is 2.44. The Balaban J connectivity index is 2.42. The Morgan fingerprint density at radius 2 is 2.12 bits per heavy atom. The zero-order chi connectivity index (χ0) is 19.4. The number of hydrogen-bond acceptors (Lipinski definition) is 8. The molecule has 3 N–H and O–H groups in total. The number of benzene rings is 1. The van der Waals surface area contributed by atoms with E-state index in [1.54, 1.807) is 0 Å². The van der Waals surface area contributed by atoms with Crippen molar-refractivity contribution in [1.29, 1.82) is 0 Å². The minimum absolute atomic E-state index is 0.00109. The minimum atomic E-state index is -1.51. The largest absolute Gasteiger partial charge is 0.477 e. The van der Waals surface area contributed by atoms with Crippen LogP contribution in [0.5, 0.6) is 0 Å². The molecule has 0 aromatic heterocycles. The van der Waals surface area contributed by atoms with E-state index in [0.29, 0.717) is 0 Å². The van der Waals surface area contributed by atoms with Gasteiger partial charge in [0.25, 0.3) is 11.6 Å². The molecule has 1 aromatic carbocycles. The Labute approximate surface area is 146 Å². The molecular weight excluding hydrogens is 350 g/mol. The molecule has 0 atom stereocenters. The summed E-state index contributed by atoms with van der Waals surface area (Å²) in [6.07, 6.45) is 0. The normalized spacial score (nSPS) is 13.8. The van der Waals surface area contributed by atoms with E-state index in [-0.39, 0.29) is 36.7 Å². The Morgan fingerprint density at radius 3 is 2.65 bits per heavy atom. The van der Waals surface area contributed by atoms with Crippen LogP contribution in [0.3, 0.4) is 0 Å². The Hall–Kier alpha value is -3.47. The SMILES string of the molecule is COC(=O)C1=C(Nc2ccc([N+](=O)[O-])c(C(=O)O)c2)C(=O)N(CCO)C1. The first-order valence-electron chi connectivity index (χ1n) is 7.30. The maximum atomic E-state index is 12.4. The predicted molar refractivity (Wildman–Crippen MR) is 86.4 cm³/mol. The lowest BCUT2D eigenvalue weighted by atomic mass is 10.1. The predicted octanol–water partition coefficient (Wildman–Crippen LogP) is -0.0335. The van der Waals surface area contributed by atoms with E-state index in [2.05, 4.69) is 10.1 Å². The quantitative estimate of drug-likeness (QED) is 0.342. The average Bonchev–Trinajstić information content (AvgIpc) is 2.90. The lowest BCUT2D eigenvalue weighted by molar-refractivity contribution is -0.385. The summed E-state index contributed by atoms with van der Waals surface area (Å²) in [5, 5.41) is 31.6. The van der Waals surface area contributed by atoms with Crippen molar-refractivity contribution in [3.05, 3.63) is 45.1 Å². The van der Waals surface area contributed by atoms with E-state index in [0.717, 1.165) is 19.2 Å². The summed E-state index contributed by atoms with van der Waals surface area (Å²) >= 11 is 0. The van der Waals surface area contributed by atoms with E-state index in [1.165, 1.54) is 11.0 Å². The van der Waals surface area contributed by atoms with Crippen LogP contribution >= 0.6 is 0 Å². The van der Waals surface area contributed by atoms with Crippen LogP contribution < -0.4 is 5.32 Å². The van der Waals surface area contributed by atoms with Crippen molar-refractivity contribution in [3.8, 4) is 0 Å². The number of anilines is 1. The van der Waals surface area contributed by atoms with Gasteiger partial charge in [0.2, 0.25) is 0 Å². The van der Waals surface area contributed by atoms with Crippen LogP contribution in [0.4, 0.5) is 11.4 Å². The van der Waals surface area contributed by atoms with Crippen molar-refractivity contribution < 1.29 is 34.3 Å². The summed E-state index contributed by atoms with van der Waals surface area (Å²) < 4.78 is 4.63. The van der Waals surface area contributed by atoms with Gasteiger partial charge in [0, 0.05) is 18.3 Å². The van der Waals surface area contributed by atoms with Crippen LogP contribution in [0.15, 0.2) is 29.5 Å². The summed E-state index contributed by atoms with van der Waals surface area (Å²) in [4.78, 5) is 46.8. The van der Waals surface area contributed by atoms with Crippen LogP contribution in [0.2, 0.25) is 0 Å². The molecule has 0 saturated carbocycles. The molecule has 1 aromatic rings. The number of esters is 1. The molecule has 0 bridgehead atoms. The molecule has 0 saturated heterocycles. The topological polar surface area (TPSA) is 159 Å². The molecule has 0 unspecified atom stereocenters. The smallest absolute Gasteiger partial charge is 0.342 e. The van der Waals surface area contributed by atoms with Crippen molar-refractivity contribution >= 4 is 29.2 Å². The number of carbonyl (C=O) groups is 3. The molecule has 0 radical (unpaired) electrons. The maximum absolute atomic E-state index is 12.4. The number of aromatic carboxylic acids is 1. The van der Waals surface area contributed by atoms with Gasteiger partial charge in [-0.05, 0) is 12.1 Å². The monoisotopic (exact) mass is 365 g/mol. The highest BCUT2D eigenvalue weighted by Gasteiger charge is 2.34. The van der Waals surface area contributed by atoms with Crippen LogP contribution in [-0.4, -0.2) is 64.7 Å². The number of carbonyl (C=O) groups excluding carboxylic acids is 2. The second-order valence-electron chi connectivity index (χ2n) is 5.21. The highest BCUT2D eigenvalue weighted by atomic mass is 16.6. The standard InChI is InChI=1S/C15H15N3O8/c1-26-15(23)10-7-17(4-5-19)13(20)12(10)16-8-2-3-11(18(24)25)9(6-8)14(21)22/h2-3,6,16,19H,4-5,7H2,1H3,(H,21,22). The van der Waals surface area contributed by atoms with Gasteiger partial charge in [0.1, 0.15) is 11.3 Å². The van der Waals surface area contributed by atoms with Gasteiger partial charge in [-0.15, -0.1) is 0 Å². The van der Waals surface area contributed by atoms with Gasteiger partial charge in [-0.3, -0.25) is 14.9 Å². The van der Waals surface area contributed by atoms with Gasteiger partial charge in [-0.1, -0.05) is 0 Å². The molecule has 2 rings (SSSR count). The zero-order valence-electron chi connectivity index (χ0n) is 13.6. The molecule has 1 aliphatic heterocycles. The molecule has 0 aliphatic carbocycles. The summed E-state index contributed by atoms with van der Waals surface area (Å²) in [5.74, 6) is -2.86. The third kappa shape index (κ3) is 3.62. The van der Waals surface area contributed by atoms with E-state index >= 15 is 0 Å². The average molecular weight is 365 g/mol. The minimum Gasteiger partial charge on any atom is -0.477 e. The molecule has 138 valence electrons. The summed E-state index contributed by atoms with van der Waals surface area (Å²) in [5.41, 5.74) is -1.25. The van der Waals surface area contributed by atoms with E-state index < -0.39 is 34.0 Å². The summed E-state index contributed by atoms with van der Waals surface area (Å²) in [7, 11) is 1.14. The van der Waals surface area contributed by atoms with Crippen molar-refractivity contribution in [3.63, 3.8) is 0 Å². The van der Waals surface area contributed by atoms with E-state index in [4.69, 9.17) is 10.2 Å². The molecule has 0 fully saturated rings. The lowest BCUT2D eigenvalue weighted by Gasteiger charge is -2.15. The molecule has 1 heterocycles. The van der Waals surface area contributed by atoms with Crippen LogP contribution in [0.25, 0.3) is 0 Å². The van der Waals surface area contributed by atoms with Crippen molar-refractivity contribution in [2.75, 3.05) is 32.1 Å². The number of aliphatic hydroxyl groups excluding tert-OH is 1. The first-order valence-corrected chi connectivity index (χ1v) is 7.30. The molecule has 1 aliphatic rings. The number of nitro groups is 1. The Kier molecular flexibility index (Phi) is 5.52. The van der Waals surface area contributed by atoms with E-state index in [1.807, 2.05) is 0 Å². The molecule has 26 heavy (non-hydrogen) atoms. The van der Waals surface area contributed by atoms with Gasteiger partial charge in [-0.25, -0.2) is 9.59 Å². The first kappa shape index (κ1) is 18.9. The van der Waals surface area contributed by atoms with Gasteiger partial charge < -0.3 is 25.2 Å². The molecular formula is C15H15N3O8. The summed E-state index contributed by atoms with van der Waals surface area (Å²) in [6, 6.07) is 3.19. The third-order valence-corrected chi connectivity index (χ3v) is 3.65. The highest BCUT2D eigenvalue weighted by Crippen LogP contribution is 2.26. The number of carboxylic acids is 1. The highest BCUT2D eigenvalue weighted by molar-refractivity contribution is 6.08. The van der Waals surface area contributed by atoms with E-state index in [9.17, 15) is 24.5 Å². The van der Waals surface area contributed by atoms with Crippen LogP contribution in [0.1, 0.15) is 10.4 Å². The maximum Gasteiger partial charge on any atom is 0.342 e. The van der Waals surface area contributed by atoms with Crippen LogP contribution in [0, 0.1) is 10.1 Å². The number of nitrogens with one attached hydrogen (secondary N) is 1. The second kappa shape index (κ2) is 7.61. The fraction of sp³-hybridized carbons (Fsp3) is 0.267. The fourth-order valence-corrected chi connectivity index (χ4v) is 2.44. The van der Waals surface area contributed by atoms with Crippen molar-refractivity contribution in [1.82, 2.24) is 4.90 Å². The van der Waals surface area contributed by atoms with Crippen LogP contribution in [-0.2, 0) is 14.3 Å². The molecule has 1 amide bonds. The zero-order valence-corrected chi connectivity index (χ0v) is 13.6. The number of aliphatic hydroxyl groups is 1. The number of hydrogen-bond donors (Lipinski definition) is 3. The number of β-amino-alcohol motifs (C(OH)–C–C–N with tert-alkyl or cyclic N) is 1. The first-order chi connectivity index (χ1) is 12.3. The van der Waals surface area contributed by atoms with Gasteiger partial charge in [0.15, 0.2) is 0 Å². The number of ether oxygens (including phenoxy) is 1. The number of nitro benzene ring substituents is 1. The van der Waals surface area contributed by atoms with Gasteiger partial charge in [0.05, 0.1) is 30.8 Å². The lowest BCUT2D eigenvalue weighted by Crippen LogP contribution is -2.31. The Morgan fingerprint density at radius 1 is 1.42 bits per heavy atom.